The predicted octanol–water partition coefficient (Wildman–Crippen LogP) is 3.75. The molecule has 31 heavy (non-hydrogen) atoms. The summed E-state index contributed by atoms with van der Waals surface area (Å²) in [6, 6.07) is 9.50. The molecule has 5 atom stereocenters. The maximum Gasteiger partial charge on any atom is 0.303 e. The van der Waals surface area contributed by atoms with Gasteiger partial charge in [-0.25, -0.2) is 0 Å². The molecule has 0 spiro atoms. The van der Waals surface area contributed by atoms with Gasteiger partial charge in [-0.15, -0.1) is 0 Å². The Labute approximate surface area is 189 Å². The highest BCUT2D eigenvalue weighted by molar-refractivity contribution is 7.99. The number of carbonyl (C=O) groups is 2. The molecular formula is C22H34O7SSi. The molecule has 1 saturated heterocycles. The Morgan fingerprint density at radius 1 is 1.06 bits per heavy atom. The standard InChI is InChI=1S/C22H34O7SSi/c1-14(23)27-19-18(25)17(13-26-31(6,7)22(3,4)5)29-21(20(19)28-15(2)24)30-16-11-9-8-10-12-16/h8-12,17-21,25H,13H2,1-7H3/t17-,18-,19+,20-,21+/m1/s1. The molecule has 2 rings (SSSR count). The van der Waals surface area contributed by atoms with Crippen molar-refractivity contribution in [2.24, 2.45) is 0 Å². The summed E-state index contributed by atoms with van der Waals surface area (Å²) in [4.78, 5) is 24.4. The molecule has 1 heterocycles. The number of rotatable bonds is 7. The molecule has 0 amide bonds. The van der Waals surface area contributed by atoms with Crippen molar-refractivity contribution in [3.8, 4) is 0 Å². The van der Waals surface area contributed by atoms with Crippen molar-refractivity contribution in [1.29, 1.82) is 0 Å². The van der Waals surface area contributed by atoms with Crippen molar-refractivity contribution in [1.82, 2.24) is 0 Å². The first-order valence-corrected chi connectivity index (χ1v) is 14.1. The molecule has 174 valence electrons. The third-order valence-electron chi connectivity index (χ3n) is 5.63. The Morgan fingerprint density at radius 3 is 2.13 bits per heavy atom. The maximum atomic E-state index is 11.8. The number of aliphatic hydroxyl groups excluding tert-OH is 1. The van der Waals surface area contributed by atoms with Crippen molar-refractivity contribution in [3.63, 3.8) is 0 Å². The van der Waals surface area contributed by atoms with Crippen molar-refractivity contribution in [2.75, 3.05) is 6.61 Å². The minimum absolute atomic E-state index is 0.0135. The largest absolute Gasteiger partial charge is 0.456 e. The molecule has 1 aromatic carbocycles. The van der Waals surface area contributed by atoms with Crippen molar-refractivity contribution in [3.05, 3.63) is 30.3 Å². The Morgan fingerprint density at radius 2 is 1.61 bits per heavy atom. The molecule has 1 aromatic rings. The van der Waals surface area contributed by atoms with Gasteiger partial charge in [0.25, 0.3) is 0 Å². The summed E-state index contributed by atoms with van der Waals surface area (Å²) in [5.41, 5.74) is -0.688. The van der Waals surface area contributed by atoms with Gasteiger partial charge in [0.05, 0.1) is 6.61 Å². The summed E-state index contributed by atoms with van der Waals surface area (Å²) < 4.78 is 23.3. The van der Waals surface area contributed by atoms with Gasteiger partial charge in [-0.2, -0.15) is 0 Å². The van der Waals surface area contributed by atoms with Crippen LogP contribution in [0, 0.1) is 0 Å². The average Bonchev–Trinajstić information content (AvgIpc) is 2.65. The van der Waals surface area contributed by atoms with Gasteiger partial charge in [-0.1, -0.05) is 50.7 Å². The average molecular weight is 471 g/mol. The van der Waals surface area contributed by atoms with E-state index in [1.807, 2.05) is 30.3 Å². The molecule has 1 fully saturated rings. The zero-order valence-electron chi connectivity index (χ0n) is 19.3. The minimum atomic E-state index is -2.10. The fourth-order valence-corrected chi connectivity index (χ4v) is 5.05. The van der Waals surface area contributed by atoms with Gasteiger partial charge in [0.15, 0.2) is 20.5 Å². The first-order chi connectivity index (χ1) is 14.3. The molecule has 7 nitrogen and oxygen atoms in total. The number of esters is 2. The van der Waals surface area contributed by atoms with Gasteiger partial charge in [-0.3, -0.25) is 9.59 Å². The number of benzene rings is 1. The van der Waals surface area contributed by atoms with E-state index < -0.39 is 50.1 Å². The van der Waals surface area contributed by atoms with Crippen LogP contribution < -0.4 is 0 Å². The van der Waals surface area contributed by atoms with E-state index in [1.165, 1.54) is 25.6 Å². The number of hydrogen-bond donors (Lipinski definition) is 1. The van der Waals surface area contributed by atoms with Crippen LogP contribution in [0.5, 0.6) is 0 Å². The zero-order valence-corrected chi connectivity index (χ0v) is 21.1. The lowest BCUT2D eigenvalue weighted by atomic mass is 10.00. The third kappa shape index (κ3) is 7.05. The Kier molecular flexibility index (Phi) is 8.75. The number of carbonyl (C=O) groups excluding carboxylic acids is 2. The van der Waals surface area contributed by atoms with Crippen LogP contribution in [0.4, 0.5) is 0 Å². The van der Waals surface area contributed by atoms with Gasteiger partial charge >= 0.3 is 11.9 Å². The third-order valence-corrected chi connectivity index (χ3v) is 11.3. The van der Waals surface area contributed by atoms with E-state index in [4.69, 9.17) is 18.6 Å². The lowest BCUT2D eigenvalue weighted by molar-refractivity contribution is -0.227. The van der Waals surface area contributed by atoms with Crippen LogP contribution in [-0.2, 0) is 28.2 Å². The molecule has 9 heteroatoms. The monoisotopic (exact) mass is 470 g/mol. The van der Waals surface area contributed by atoms with Crippen LogP contribution in [0.3, 0.4) is 0 Å². The van der Waals surface area contributed by atoms with E-state index in [0.29, 0.717) is 0 Å². The topological polar surface area (TPSA) is 91.3 Å². The van der Waals surface area contributed by atoms with Crippen molar-refractivity contribution in [2.45, 2.75) is 87.5 Å². The van der Waals surface area contributed by atoms with Crippen LogP contribution in [-0.4, -0.2) is 61.8 Å². The van der Waals surface area contributed by atoms with E-state index in [-0.39, 0.29) is 11.6 Å². The van der Waals surface area contributed by atoms with Gasteiger partial charge in [0.1, 0.15) is 17.6 Å². The summed E-state index contributed by atoms with van der Waals surface area (Å²) in [6.45, 7) is 13.3. The fourth-order valence-electron chi connectivity index (χ4n) is 2.91. The molecule has 0 saturated carbocycles. The quantitative estimate of drug-likeness (QED) is 0.476. The highest BCUT2D eigenvalue weighted by atomic mass is 32.2. The molecule has 0 aromatic heterocycles. The van der Waals surface area contributed by atoms with E-state index in [0.717, 1.165) is 4.90 Å². The highest BCUT2D eigenvalue weighted by Gasteiger charge is 2.50. The second-order valence-electron chi connectivity index (χ2n) is 9.18. The summed E-state index contributed by atoms with van der Waals surface area (Å²) >= 11 is 1.34. The number of ether oxygens (including phenoxy) is 3. The van der Waals surface area contributed by atoms with Crippen molar-refractivity contribution < 1.29 is 33.3 Å². The summed E-state index contributed by atoms with van der Waals surface area (Å²) in [6.07, 6.45) is -3.98. The Bertz CT molecular complexity index is 750. The van der Waals surface area contributed by atoms with Gasteiger partial charge in [0.2, 0.25) is 0 Å². The number of hydrogen-bond acceptors (Lipinski definition) is 8. The molecule has 0 radical (unpaired) electrons. The summed E-state index contributed by atoms with van der Waals surface area (Å²) in [5.74, 6) is -1.12. The molecule has 1 aliphatic rings. The predicted molar refractivity (Wildman–Crippen MR) is 121 cm³/mol. The van der Waals surface area contributed by atoms with Crippen LogP contribution in [0.1, 0.15) is 34.6 Å². The molecule has 0 bridgehead atoms. The first kappa shape index (κ1) is 25.9. The zero-order chi connectivity index (χ0) is 23.4. The number of thioether (sulfide) groups is 1. The second kappa shape index (κ2) is 10.5. The lowest BCUT2D eigenvalue weighted by Gasteiger charge is -2.44. The Balaban J connectivity index is 2.30. The SMILES string of the molecule is CC(=O)O[C@@H]1[C@@H](OC(C)=O)[C@H](O)[C@@H](CO[Si](C)(C)C(C)(C)C)O[C@H]1Sc1ccccc1. The molecule has 0 unspecified atom stereocenters. The Hall–Kier alpha value is -1.39. The lowest BCUT2D eigenvalue weighted by Crippen LogP contribution is -2.61. The van der Waals surface area contributed by atoms with E-state index >= 15 is 0 Å². The van der Waals surface area contributed by atoms with Gasteiger partial charge in [0, 0.05) is 18.7 Å². The summed E-state index contributed by atoms with van der Waals surface area (Å²) in [5, 5.41) is 11.0. The molecule has 1 N–H and O–H groups in total. The van der Waals surface area contributed by atoms with Gasteiger partial charge in [-0.05, 0) is 30.3 Å². The van der Waals surface area contributed by atoms with Crippen LogP contribution in [0.25, 0.3) is 0 Å². The molecule has 0 aliphatic carbocycles. The van der Waals surface area contributed by atoms with Crippen molar-refractivity contribution >= 4 is 32.0 Å². The summed E-state index contributed by atoms with van der Waals surface area (Å²) in [7, 11) is -2.10. The van der Waals surface area contributed by atoms with Gasteiger partial charge < -0.3 is 23.7 Å². The molecule has 1 aliphatic heterocycles. The second-order valence-corrected chi connectivity index (χ2v) is 15.2. The minimum Gasteiger partial charge on any atom is -0.456 e. The van der Waals surface area contributed by atoms with Crippen LogP contribution in [0.2, 0.25) is 18.1 Å². The van der Waals surface area contributed by atoms with Crippen LogP contribution in [0.15, 0.2) is 35.2 Å². The normalized spacial score (nSPS) is 26.9. The molecular weight excluding hydrogens is 436 g/mol. The highest BCUT2D eigenvalue weighted by Crippen LogP contribution is 2.39. The van der Waals surface area contributed by atoms with E-state index in [1.54, 1.807) is 0 Å². The fraction of sp³-hybridized carbons (Fsp3) is 0.636. The van der Waals surface area contributed by atoms with Crippen LogP contribution >= 0.6 is 11.8 Å². The maximum absolute atomic E-state index is 11.8. The van der Waals surface area contributed by atoms with E-state index in [9.17, 15) is 14.7 Å². The smallest absolute Gasteiger partial charge is 0.303 e. The first-order valence-electron chi connectivity index (χ1n) is 10.4. The van der Waals surface area contributed by atoms with E-state index in [2.05, 4.69) is 33.9 Å². The number of aliphatic hydroxyl groups is 1.